The third-order valence-electron chi connectivity index (χ3n) is 6.55. The lowest BCUT2D eigenvalue weighted by Crippen LogP contribution is -2.17. The monoisotopic (exact) mass is 566 g/mol. The highest BCUT2D eigenvalue weighted by Gasteiger charge is 2.52. The highest BCUT2D eigenvalue weighted by atomic mass is 32.1. The molecule has 0 bridgehead atoms. The molecule has 4 aromatic heterocycles. The zero-order valence-electron chi connectivity index (χ0n) is 19.9. The normalized spacial score (nSPS) is 15.0. The van der Waals surface area contributed by atoms with Crippen LogP contribution in [0.2, 0.25) is 0 Å². The molecule has 1 atom stereocenters. The quantitative estimate of drug-likeness (QED) is 0.206. The van der Waals surface area contributed by atoms with E-state index in [0.29, 0.717) is 18.5 Å². The van der Waals surface area contributed by atoms with Crippen molar-refractivity contribution in [2.24, 2.45) is 0 Å². The highest BCUT2D eigenvalue weighted by molar-refractivity contribution is 7.33. The lowest BCUT2D eigenvalue weighted by molar-refractivity contribution is -0.139. The summed E-state index contributed by atoms with van der Waals surface area (Å²) < 4.78 is 12.4. The lowest BCUT2D eigenvalue weighted by Gasteiger charge is -2.14. The summed E-state index contributed by atoms with van der Waals surface area (Å²) in [6.07, 6.45) is 0.554. The number of amides is 1. The second-order valence-electron chi connectivity index (χ2n) is 9.06. The number of aryl methyl sites for hydroxylation is 1. The summed E-state index contributed by atoms with van der Waals surface area (Å²) in [7, 11) is 0. The molecule has 2 N–H and O–H groups in total. The summed E-state index contributed by atoms with van der Waals surface area (Å²) in [6, 6.07) is 17.9. The lowest BCUT2D eigenvalue weighted by atomic mass is 10.1. The van der Waals surface area contributed by atoms with E-state index in [4.69, 9.17) is 4.74 Å². The van der Waals surface area contributed by atoms with Crippen molar-refractivity contribution in [3.05, 3.63) is 70.7 Å². The van der Waals surface area contributed by atoms with Gasteiger partial charge in [0.1, 0.15) is 11.5 Å². The number of rotatable bonds is 7. The number of hydrogen-bond acceptors (Lipinski definition) is 8. The predicted molar refractivity (Wildman–Crippen MR) is 152 cm³/mol. The minimum Gasteiger partial charge on any atom is -0.481 e. The molecule has 6 nitrogen and oxygen atoms in total. The van der Waals surface area contributed by atoms with E-state index in [2.05, 4.69) is 21.8 Å². The van der Waals surface area contributed by atoms with Crippen molar-refractivity contribution in [3.8, 4) is 19.5 Å². The first kappa shape index (κ1) is 24.3. The molecule has 0 saturated heterocycles. The average Bonchev–Trinajstić information content (AvgIpc) is 3.19. The maximum atomic E-state index is 12.7. The molecule has 1 aromatic carbocycles. The number of thiophene rings is 3. The van der Waals surface area contributed by atoms with Crippen molar-refractivity contribution in [2.45, 2.75) is 38.2 Å². The third-order valence-corrected chi connectivity index (χ3v) is 11.5. The fraction of sp³-hybridized carbons (Fsp3) is 0.222. The maximum absolute atomic E-state index is 12.7. The van der Waals surface area contributed by atoms with E-state index in [1.165, 1.54) is 11.5 Å². The second kappa shape index (κ2) is 9.36. The van der Waals surface area contributed by atoms with Crippen molar-refractivity contribution in [2.75, 3.05) is 5.32 Å². The molecule has 4 heterocycles. The molecule has 0 aliphatic heterocycles. The van der Waals surface area contributed by atoms with Crippen LogP contribution in [0.4, 0.5) is 10.5 Å². The Hall–Kier alpha value is -3.05. The number of hydrogen-bond donors (Lipinski definition) is 2. The number of benzene rings is 1. The smallest absolute Gasteiger partial charge is 0.412 e. The number of carbonyl (C=O) groups excluding carboxylic acids is 1. The van der Waals surface area contributed by atoms with Crippen molar-refractivity contribution in [1.82, 2.24) is 4.37 Å². The van der Waals surface area contributed by atoms with Gasteiger partial charge < -0.3 is 9.84 Å². The number of anilines is 1. The van der Waals surface area contributed by atoms with Gasteiger partial charge in [-0.2, -0.15) is 4.37 Å². The topological polar surface area (TPSA) is 88.5 Å². The van der Waals surface area contributed by atoms with Crippen LogP contribution in [0.5, 0.6) is 0 Å². The van der Waals surface area contributed by atoms with Crippen molar-refractivity contribution < 1.29 is 19.4 Å². The van der Waals surface area contributed by atoms with Gasteiger partial charge in [-0.1, -0.05) is 30.3 Å². The number of ether oxygens (including phenoxy) is 1. The van der Waals surface area contributed by atoms with Crippen LogP contribution >= 0.6 is 45.5 Å². The highest BCUT2D eigenvalue weighted by Crippen LogP contribution is 2.53. The molecule has 37 heavy (non-hydrogen) atoms. The van der Waals surface area contributed by atoms with Gasteiger partial charge in [0.25, 0.3) is 0 Å². The molecule has 0 unspecified atom stereocenters. The maximum Gasteiger partial charge on any atom is 0.412 e. The first-order valence-corrected chi connectivity index (χ1v) is 14.9. The number of carboxylic acid groups (broad SMARTS) is 1. The van der Waals surface area contributed by atoms with Crippen LogP contribution in [0.1, 0.15) is 42.0 Å². The Morgan fingerprint density at radius 2 is 1.70 bits per heavy atom. The Morgan fingerprint density at radius 1 is 1.00 bits per heavy atom. The van der Waals surface area contributed by atoms with Crippen LogP contribution in [0.25, 0.3) is 28.9 Å². The number of nitrogens with one attached hydrogen (secondary N) is 1. The molecule has 0 radical (unpaired) electrons. The zero-order valence-corrected chi connectivity index (χ0v) is 23.2. The Kier molecular flexibility index (Phi) is 6.15. The molecule has 10 heteroatoms. The summed E-state index contributed by atoms with van der Waals surface area (Å²) in [6.45, 7) is 3.73. The number of nitrogens with zero attached hydrogens (tertiary/aromatic N) is 1. The summed E-state index contributed by atoms with van der Waals surface area (Å²) in [5.74, 6) is -0.722. The average molecular weight is 567 g/mol. The van der Waals surface area contributed by atoms with E-state index in [0.717, 1.165) is 45.0 Å². The van der Waals surface area contributed by atoms with Gasteiger partial charge in [-0.3, -0.25) is 10.1 Å². The molecule has 1 aliphatic rings. The van der Waals surface area contributed by atoms with Gasteiger partial charge in [0.05, 0.1) is 21.1 Å². The number of aromatic nitrogens is 1. The van der Waals surface area contributed by atoms with Crippen molar-refractivity contribution in [1.29, 1.82) is 0 Å². The standard InChI is InChI=1S/C27H22N2O4S4/c1-14-23(28-26(32)33-15(2)16-6-4-3-5-7-16)24(37-29-14)21-13-20-19(35-21)12-18(34-20)17-8-9-22(36-17)27(10-11-27)25(30)31/h3-9,12-13,15H,10-11H2,1-2H3,(H,28,32)(H,30,31)/t15-/m1/s1. The van der Waals surface area contributed by atoms with E-state index in [1.54, 1.807) is 34.0 Å². The summed E-state index contributed by atoms with van der Waals surface area (Å²) in [5, 5.41) is 12.5. The molecule has 1 saturated carbocycles. The fourth-order valence-corrected chi connectivity index (χ4v) is 8.92. The van der Waals surface area contributed by atoms with E-state index in [9.17, 15) is 14.7 Å². The van der Waals surface area contributed by atoms with Crippen molar-refractivity contribution >= 4 is 72.7 Å². The van der Waals surface area contributed by atoms with Crippen LogP contribution in [0.3, 0.4) is 0 Å². The largest absolute Gasteiger partial charge is 0.481 e. The molecule has 0 spiro atoms. The van der Waals surface area contributed by atoms with Crippen LogP contribution in [0.15, 0.2) is 54.6 Å². The van der Waals surface area contributed by atoms with Gasteiger partial charge >= 0.3 is 12.1 Å². The number of carboxylic acids is 1. The molecular formula is C27H22N2O4S4. The summed E-state index contributed by atoms with van der Waals surface area (Å²) in [4.78, 5) is 29.5. The van der Waals surface area contributed by atoms with Gasteiger partial charge in [-0.25, -0.2) is 4.79 Å². The van der Waals surface area contributed by atoms with Gasteiger partial charge in [0, 0.05) is 24.0 Å². The molecule has 1 fully saturated rings. The van der Waals surface area contributed by atoms with Crippen LogP contribution in [0, 0.1) is 6.92 Å². The molecule has 6 rings (SSSR count). The van der Waals surface area contributed by atoms with Crippen LogP contribution in [-0.2, 0) is 14.9 Å². The van der Waals surface area contributed by atoms with Gasteiger partial charge in [-0.15, -0.1) is 34.0 Å². The zero-order chi connectivity index (χ0) is 25.7. The molecule has 1 amide bonds. The Morgan fingerprint density at radius 3 is 2.41 bits per heavy atom. The van der Waals surface area contributed by atoms with E-state index >= 15 is 0 Å². The SMILES string of the molecule is Cc1nsc(-c2cc3sc(-c4ccc(C5(C(=O)O)CC5)s4)cc3s2)c1NC(=O)O[C@H](C)c1ccccc1. The van der Waals surface area contributed by atoms with E-state index < -0.39 is 17.5 Å². The number of fused-ring (bicyclic) bond motifs is 1. The molecule has 188 valence electrons. The van der Waals surface area contributed by atoms with E-state index in [-0.39, 0.29) is 6.10 Å². The summed E-state index contributed by atoms with van der Waals surface area (Å²) >= 11 is 6.30. The molecule has 5 aromatic rings. The number of carbonyl (C=O) groups is 2. The van der Waals surface area contributed by atoms with Crippen LogP contribution < -0.4 is 5.32 Å². The molecular weight excluding hydrogens is 545 g/mol. The van der Waals surface area contributed by atoms with E-state index in [1.807, 2.05) is 56.3 Å². The fourth-order valence-electron chi connectivity index (χ4n) is 4.26. The Labute approximate surface area is 229 Å². The predicted octanol–water partition coefficient (Wildman–Crippen LogP) is 8.55. The minimum absolute atomic E-state index is 0.370. The third kappa shape index (κ3) is 4.48. The Bertz CT molecular complexity index is 1590. The van der Waals surface area contributed by atoms with Crippen LogP contribution in [-0.4, -0.2) is 21.5 Å². The first-order valence-electron chi connectivity index (χ1n) is 11.7. The second-order valence-corrected chi connectivity index (χ2v) is 13.1. The van der Waals surface area contributed by atoms with Gasteiger partial charge in [-0.05, 0) is 68.1 Å². The van der Waals surface area contributed by atoms with Gasteiger partial charge in [0.2, 0.25) is 0 Å². The Balaban J connectivity index is 1.21. The number of aliphatic carboxylic acids is 1. The minimum atomic E-state index is -0.722. The van der Waals surface area contributed by atoms with Crippen molar-refractivity contribution in [3.63, 3.8) is 0 Å². The van der Waals surface area contributed by atoms with Gasteiger partial charge in [0.15, 0.2) is 0 Å². The summed E-state index contributed by atoms with van der Waals surface area (Å²) in [5.41, 5.74) is 1.69. The first-order chi connectivity index (χ1) is 17.8. The molecule has 1 aliphatic carbocycles.